The normalized spacial score (nSPS) is 11.0. The molecule has 0 fully saturated rings. The molecule has 0 bridgehead atoms. The molecule has 2 rings (SSSR count). The smallest absolute Gasteiger partial charge is 0.235 e. The Balaban J connectivity index is 2.79. The van der Waals surface area contributed by atoms with E-state index in [2.05, 4.69) is 6.58 Å². The lowest BCUT2D eigenvalue weighted by atomic mass is 10.1. The van der Waals surface area contributed by atoms with E-state index >= 15 is 0 Å². The molecule has 0 aliphatic heterocycles. The van der Waals surface area contributed by atoms with Crippen molar-refractivity contribution in [1.82, 2.24) is 0 Å². The van der Waals surface area contributed by atoms with E-state index in [0.29, 0.717) is 0 Å². The summed E-state index contributed by atoms with van der Waals surface area (Å²) in [7, 11) is 0. The van der Waals surface area contributed by atoms with Crippen molar-refractivity contribution in [3.05, 3.63) is 58.5 Å². The van der Waals surface area contributed by atoms with E-state index < -0.39 is 17.0 Å². The van der Waals surface area contributed by atoms with E-state index in [1.807, 2.05) is 0 Å². The molecule has 0 aliphatic carbocycles. The zero-order chi connectivity index (χ0) is 14.0. The quantitative estimate of drug-likeness (QED) is 0.677. The molecule has 0 saturated heterocycles. The number of benzene rings is 1. The van der Waals surface area contributed by atoms with Crippen molar-refractivity contribution in [2.24, 2.45) is 0 Å². The van der Waals surface area contributed by atoms with Gasteiger partial charge < -0.3 is 9.52 Å². The van der Waals surface area contributed by atoms with Crippen molar-refractivity contribution in [3.63, 3.8) is 0 Å². The molecule has 4 heteroatoms. The van der Waals surface area contributed by atoms with Gasteiger partial charge in [-0.1, -0.05) is 24.8 Å². The second-order valence-electron chi connectivity index (χ2n) is 3.93. The minimum absolute atomic E-state index is 0.215. The number of hydrogen-bond acceptors (Lipinski definition) is 4. The first-order valence-corrected chi connectivity index (χ1v) is 5.67. The number of hydrogen-bond donors (Lipinski definition) is 1. The summed E-state index contributed by atoms with van der Waals surface area (Å²) in [5, 5.41) is 9.98. The fraction of sp³-hybridized carbons (Fsp3) is 0.0667. The number of allylic oxidation sites excluding steroid dienone is 2. The molecular weight excluding hydrogens is 244 g/mol. The topological polar surface area (TPSA) is 67.5 Å². The Morgan fingerprint density at radius 2 is 2.16 bits per heavy atom. The van der Waals surface area contributed by atoms with Gasteiger partial charge in [0.05, 0.1) is 5.39 Å². The minimum Gasteiger partial charge on any atom is -0.501 e. The van der Waals surface area contributed by atoms with Crippen molar-refractivity contribution < 1.29 is 14.3 Å². The fourth-order valence-electron chi connectivity index (χ4n) is 1.72. The largest absolute Gasteiger partial charge is 0.501 e. The van der Waals surface area contributed by atoms with Gasteiger partial charge in [0.2, 0.25) is 22.7 Å². The first-order chi connectivity index (χ1) is 9.08. The van der Waals surface area contributed by atoms with Crippen molar-refractivity contribution in [1.29, 1.82) is 0 Å². The van der Waals surface area contributed by atoms with Gasteiger partial charge >= 0.3 is 0 Å². The molecule has 1 aromatic carbocycles. The average molecular weight is 256 g/mol. The van der Waals surface area contributed by atoms with Crippen LogP contribution in [0.3, 0.4) is 0 Å². The van der Waals surface area contributed by atoms with E-state index in [0.717, 1.165) is 5.56 Å². The lowest BCUT2D eigenvalue weighted by Crippen LogP contribution is -2.07. The van der Waals surface area contributed by atoms with Gasteiger partial charge in [0.15, 0.2) is 0 Å². The van der Waals surface area contributed by atoms with Crippen LogP contribution in [-0.4, -0.2) is 10.9 Å². The predicted octanol–water partition coefficient (Wildman–Crippen LogP) is 2.90. The lowest BCUT2D eigenvalue weighted by Gasteiger charge is -2.03. The van der Waals surface area contributed by atoms with Gasteiger partial charge in [0, 0.05) is 0 Å². The molecule has 0 saturated carbocycles. The molecule has 1 aromatic heterocycles. The number of rotatable bonds is 3. The summed E-state index contributed by atoms with van der Waals surface area (Å²) in [5.74, 6) is -1.56. The highest BCUT2D eigenvalue weighted by molar-refractivity contribution is 6.05. The molecule has 0 radical (unpaired) electrons. The highest BCUT2D eigenvalue weighted by Crippen LogP contribution is 2.22. The summed E-state index contributed by atoms with van der Waals surface area (Å²) in [6.07, 6.45) is 4.31. The Bertz CT molecular complexity index is 751. The zero-order valence-corrected chi connectivity index (χ0v) is 10.3. The minimum atomic E-state index is -0.670. The predicted molar refractivity (Wildman–Crippen MR) is 73.4 cm³/mol. The van der Waals surface area contributed by atoms with Crippen molar-refractivity contribution in [2.45, 2.75) is 6.92 Å². The van der Waals surface area contributed by atoms with E-state index in [9.17, 15) is 14.7 Å². The molecule has 19 heavy (non-hydrogen) atoms. The third kappa shape index (κ3) is 2.20. The Morgan fingerprint density at radius 1 is 1.42 bits per heavy atom. The van der Waals surface area contributed by atoms with Crippen LogP contribution in [-0.2, 0) is 0 Å². The number of fused-ring (bicyclic) bond motifs is 1. The van der Waals surface area contributed by atoms with Crippen LogP contribution in [0.2, 0.25) is 0 Å². The molecule has 1 heterocycles. The molecule has 0 spiro atoms. The van der Waals surface area contributed by atoms with Crippen LogP contribution in [0.1, 0.15) is 23.0 Å². The molecule has 1 N–H and O–H groups in total. The maximum Gasteiger partial charge on any atom is 0.235 e. The standard InChI is InChI=1S/C15H12O4/c1-3-5-11(16)15-14(18)13(17)10-8-9(4-2)6-7-12(10)19-15/h3-8,18H,2H2,1H3/b5-3+. The van der Waals surface area contributed by atoms with Gasteiger partial charge in [-0.15, -0.1) is 0 Å². The van der Waals surface area contributed by atoms with Crippen LogP contribution < -0.4 is 5.43 Å². The number of carbonyl (C=O) groups excluding carboxylic acids is 1. The first kappa shape index (κ1) is 12.8. The van der Waals surface area contributed by atoms with Crippen LogP contribution in [0.5, 0.6) is 5.75 Å². The van der Waals surface area contributed by atoms with Crippen molar-refractivity contribution in [2.75, 3.05) is 0 Å². The summed E-state index contributed by atoms with van der Waals surface area (Å²) in [6.45, 7) is 5.26. The second kappa shape index (κ2) is 4.94. The Kier molecular flexibility index (Phi) is 3.33. The molecule has 0 atom stereocenters. The number of aromatic hydroxyl groups is 1. The zero-order valence-electron chi connectivity index (χ0n) is 10.3. The second-order valence-corrected chi connectivity index (χ2v) is 3.93. The molecule has 0 aliphatic rings. The van der Waals surface area contributed by atoms with Gasteiger partial charge in [-0.2, -0.15) is 0 Å². The Morgan fingerprint density at radius 3 is 2.79 bits per heavy atom. The van der Waals surface area contributed by atoms with Crippen molar-refractivity contribution >= 4 is 22.8 Å². The van der Waals surface area contributed by atoms with Crippen LogP contribution in [0.25, 0.3) is 17.0 Å². The third-order valence-electron chi connectivity index (χ3n) is 2.67. The van der Waals surface area contributed by atoms with E-state index in [1.54, 1.807) is 31.2 Å². The molecule has 96 valence electrons. The summed E-state index contributed by atoms with van der Waals surface area (Å²) >= 11 is 0. The van der Waals surface area contributed by atoms with Gasteiger partial charge in [0.25, 0.3) is 0 Å². The van der Waals surface area contributed by atoms with E-state index in [1.165, 1.54) is 12.2 Å². The van der Waals surface area contributed by atoms with Crippen LogP contribution in [0, 0.1) is 0 Å². The summed E-state index contributed by atoms with van der Waals surface area (Å²) in [6, 6.07) is 4.83. The molecule has 0 unspecified atom stereocenters. The summed E-state index contributed by atoms with van der Waals surface area (Å²) in [4.78, 5) is 23.7. The third-order valence-corrected chi connectivity index (χ3v) is 2.67. The summed E-state index contributed by atoms with van der Waals surface area (Å²) in [5.41, 5.74) is 0.353. The molecular formula is C15H12O4. The molecule has 0 amide bonds. The highest BCUT2D eigenvalue weighted by Gasteiger charge is 2.18. The van der Waals surface area contributed by atoms with E-state index in [-0.39, 0.29) is 16.7 Å². The highest BCUT2D eigenvalue weighted by atomic mass is 16.4. The van der Waals surface area contributed by atoms with Gasteiger partial charge in [-0.05, 0) is 30.7 Å². The van der Waals surface area contributed by atoms with Gasteiger partial charge in [-0.3, -0.25) is 9.59 Å². The average Bonchev–Trinajstić information content (AvgIpc) is 2.42. The maximum atomic E-state index is 12.0. The fourth-order valence-corrected chi connectivity index (χ4v) is 1.72. The van der Waals surface area contributed by atoms with Gasteiger partial charge in [0.1, 0.15) is 5.58 Å². The number of ketones is 1. The van der Waals surface area contributed by atoms with Gasteiger partial charge in [-0.25, -0.2) is 0 Å². The van der Waals surface area contributed by atoms with Crippen LogP contribution >= 0.6 is 0 Å². The van der Waals surface area contributed by atoms with E-state index in [4.69, 9.17) is 4.42 Å². The Hall–Kier alpha value is -2.62. The lowest BCUT2D eigenvalue weighted by molar-refractivity contribution is 0.101. The Labute approximate surface area is 109 Å². The van der Waals surface area contributed by atoms with Crippen LogP contribution in [0.15, 0.2) is 46.1 Å². The SMILES string of the molecule is C=Cc1ccc2oc(C(=O)/C=C/C)c(O)c(=O)c2c1. The molecule has 4 nitrogen and oxygen atoms in total. The maximum absolute atomic E-state index is 12.0. The molecule has 2 aromatic rings. The number of carbonyl (C=O) groups is 1. The van der Waals surface area contributed by atoms with Crippen molar-refractivity contribution in [3.8, 4) is 5.75 Å². The van der Waals surface area contributed by atoms with Crippen LogP contribution in [0.4, 0.5) is 0 Å². The first-order valence-electron chi connectivity index (χ1n) is 5.67. The monoisotopic (exact) mass is 256 g/mol. The summed E-state index contributed by atoms with van der Waals surface area (Å²) < 4.78 is 5.30.